The number of ketones is 1. The van der Waals surface area contributed by atoms with Crippen LogP contribution in [0.15, 0.2) is 24.0 Å². The molecule has 1 heterocycles. The number of carbonyl (C=O) groups is 1. The van der Waals surface area contributed by atoms with Crippen LogP contribution in [0.2, 0.25) is 0 Å². The minimum atomic E-state index is -0.594. The molecule has 4 nitrogen and oxygen atoms in total. The number of hydrogen-bond donors (Lipinski definition) is 1. The Morgan fingerprint density at radius 1 is 1.62 bits per heavy atom. The third-order valence-corrected chi connectivity index (χ3v) is 3.73. The van der Waals surface area contributed by atoms with Crippen molar-refractivity contribution in [1.82, 2.24) is 0 Å². The van der Waals surface area contributed by atoms with Gasteiger partial charge in [0.2, 0.25) is 5.78 Å². The fourth-order valence-electron chi connectivity index (χ4n) is 2.42. The molecule has 4 heteroatoms. The number of Topliss-reactive ketones (excluding diaryl/α,β-unsaturated/α-hetero) is 1. The average molecular weight is 290 g/mol. The van der Waals surface area contributed by atoms with E-state index >= 15 is 0 Å². The van der Waals surface area contributed by atoms with Gasteiger partial charge in [0, 0.05) is 19.3 Å². The summed E-state index contributed by atoms with van der Waals surface area (Å²) < 4.78 is 10.8. The highest BCUT2D eigenvalue weighted by Crippen LogP contribution is 2.46. The van der Waals surface area contributed by atoms with Crippen molar-refractivity contribution in [2.45, 2.75) is 56.8 Å². The summed E-state index contributed by atoms with van der Waals surface area (Å²) in [6.07, 6.45) is 8.22. The van der Waals surface area contributed by atoms with E-state index in [0.717, 1.165) is 18.6 Å². The first-order chi connectivity index (χ1) is 10.1. The number of ether oxygens (including phenoxy) is 2. The Morgan fingerprint density at radius 3 is 3.10 bits per heavy atom. The molecular weight excluding hydrogens is 268 g/mol. The summed E-state index contributed by atoms with van der Waals surface area (Å²) in [7, 11) is 1.62. The van der Waals surface area contributed by atoms with E-state index in [1.54, 1.807) is 7.11 Å². The van der Waals surface area contributed by atoms with Gasteiger partial charge < -0.3 is 14.6 Å². The Labute approximate surface area is 125 Å². The molecule has 1 fully saturated rings. The Balaban J connectivity index is 1.76. The molecule has 0 saturated carbocycles. The highest BCUT2D eigenvalue weighted by Gasteiger charge is 2.55. The van der Waals surface area contributed by atoms with E-state index in [1.165, 1.54) is 0 Å². The zero-order chi connectivity index (χ0) is 15.3. The molecule has 2 aliphatic rings. The highest BCUT2D eigenvalue weighted by molar-refractivity contribution is 5.95. The summed E-state index contributed by atoms with van der Waals surface area (Å²) in [5.74, 6) is 6.09. The van der Waals surface area contributed by atoms with Crippen molar-refractivity contribution in [2.75, 3.05) is 7.11 Å². The molecule has 114 valence electrons. The molecule has 0 bridgehead atoms. The van der Waals surface area contributed by atoms with Crippen LogP contribution in [0.4, 0.5) is 0 Å². The van der Waals surface area contributed by atoms with E-state index in [4.69, 9.17) is 9.47 Å². The number of methoxy groups -OCH3 is 1. The van der Waals surface area contributed by atoms with E-state index < -0.39 is 11.7 Å². The molecule has 0 aromatic heterocycles. The molecule has 0 aromatic rings. The van der Waals surface area contributed by atoms with Crippen LogP contribution < -0.4 is 0 Å². The van der Waals surface area contributed by atoms with Crippen LogP contribution >= 0.6 is 0 Å². The van der Waals surface area contributed by atoms with Crippen LogP contribution in [0.25, 0.3) is 0 Å². The van der Waals surface area contributed by atoms with E-state index in [9.17, 15) is 9.90 Å². The molecule has 21 heavy (non-hydrogen) atoms. The molecule has 1 aliphatic carbocycles. The predicted molar refractivity (Wildman–Crippen MR) is 79.4 cm³/mol. The number of hydrogen-bond acceptors (Lipinski definition) is 4. The minimum absolute atomic E-state index is 0.0220. The monoisotopic (exact) mass is 290 g/mol. The first-order valence-electron chi connectivity index (χ1n) is 7.42. The lowest BCUT2D eigenvalue weighted by atomic mass is 9.92. The third kappa shape index (κ3) is 4.20. The molecular formula is C17H22O4. The summed E-state index contributed by atoms with van der Waals surface area (Å²) in [5, 5.41) is 10.0. The fourth-order valence-corrected chi connectivity index (χ4v) is 2.42. The maximum Gasteiger partial charge on any atom is 0.205 e. The zero-order valence-corrected chi connectivity index (χ0v) is 12.6. The van der Waals surface area contributed by atoms with Gasteiger partial charge in [-0.3, -0.25) is 4.79 Å². The van der Waals surface area contributed by atoms with Crippen LogP contribution in [-0.4, -0.2) is 35.8 Å². The molecule has 1 N–H and O–H groups in total. The average Bonchev–Trinajstić information content (AvgIpc) is 3.17. The highest BCUT2D eigenvalue weighted by atomic mass is 16.6. The van der Waals surface area contributed by atoms with E-state index in [0.29, 0.717) is 19.3 Å². The summed E-state index contributed by atoms with van der Waals surface area (Å²) in [6, 6.07) is 0. The third-order valence-electron chi connectivity index (χ3n) is 3.73. The maximum absolute atomic E-state index is 11.4. The molecule has 0 amide bonds. The lowest BCUT2D eigenvalue weighted by Gasteiger charge is -2.14. The number of aliphatic hydroxyl groups excluding tert-OH is 1. The molecule has 0 aromatic carbocycles. The maximum atomic E-state index is 11.4. The Bertz CT molecular complexity index is 509. The second-order valence-electron chi connectivity index (χ2n) is 5.49. The number of epoxide rings is 1. The second-order valence-corrected chi connectivity index (χ2v) is 5.49. The zero-order valence-electron chi connectivity index (χ0n) is 12.6. The Kier molecular flexibility index (Phi) is 5.22. The first-order valence-corrected chi connectivity index (χ1v) is 7.42. The van der Waals surface area contributed by atoms with E-state index in [1.807, 2.05) is 25.2 Å². The van der Waals surface area contributed by atoms with E-state index in [-0.39, 0.29) is 11.9 Å². The standard InChI is InChI=1S/C17H22O4/c1-3-4-6-13(18)7-5-8-14(19)12-17-10-9-15(20-2)11-16(17)21-17/h9-11,14,16,19H,3-4,6,8,12H2,1-2H3. The molecule has 0 spiro atoms. The van der Waals surface area contributed by atoms with Crippen molar-refractivity contribution in [2.24, 2.45) is 0 Å². The fraction of sp³-hybridized carbons (Fsp3) is 0.588. The van der Waals surface area contributed by atoms with Gasteiger partial charge in [0.25, 0.3) is 0 Å². The van der Waals surface area contributed by atoms with Crippen molar-refractivity contribution < 1.29 is 19.4 Å². The van der Waals surface area contributed by atoms with Crippen LogP contribution in [0.3, 0.4) is 0 Å². The lowest BCUT2D eigenvalue weighted by Crippen LogP contribution is -2.22. The Morgan fingerprint density at radius 2 is 2.43 bits per heavy atom. The summed E-state index contributed by atoms with van der Waals surface area (Å²) in [6.45, 7) is 2.04. The molecule has 3 unspecified atom stereocenters. The second kappa shape index (κ2) is 6.93. The molecule has 0 radical (unpaired) electrons. The Hall–Kier alpha value is -1.57. The predicted octanol–water partition coefficient (Wildman–Crippen LogP) is 2.13. The summed E-state index contributed by atoms with van der Waals surface area (Å²) >= 11 is 0. The topological polar surface area (TPSA) is 59.1 Å². The normalized spacial score (nSPS) is 27.0. The van der Waals surface area contributed by atoms with Gasteiger partial charge in [0.1, 0.15) is 17.5 Å². The molecule has 1 aliphatic heterocycles. The number of aliphatic hydroxyl groups is 1. The molecule has 1 saturated heterocycles. The van der Waals surface area contributed by atoms with Gasteiger partial charge >= 0.3 is 0 Å². The first kappa shape index (κ1) is 15.8. The van der Waals surface area contributed by atoms with Gasteiger partial charge in [-0.25, -0.2) is 0 Å². The van der Waals surface area contributed by atoms with Gasteiger partial charge in [-0.15, -0.1) is 0 Å². The molecule has 2 rings (SSSR count). The van der Waals surface area contributed by atoms with Crippen LogP contribution in [-0.2, 0) is 14.3 Å². The summed E-state index contributed by atoms with van der Waals surface area (Å²) in [4.78, 5) is 11.4. The summed E-state index contributed by atoms with van der Waals surface area (Å²) in [5.41, 5.74) is -0.407. The van der Waals surface area contributed by atoms with Crippen molar-refractivity contribution in [3.05, 3.63) is 24.0 Å². The van der Waals surface area contributed by atoms with Crippen molar-refractivity contribution in [1.29, 1.82) is 0 Å². The number of fused-ring (bicyclic) bond motifs is 1. The van der Waals surface area contributed by atoms with Crippen molar-refractivity contribution in [3.8, 4) is 11.8 Å². The smallest absolute Gasteiger partial charge is 0.205 e. The lowest BCUT2D eigenvalue weighted by molar-refractivity contribution is -0.113. The van der Waals surface area contributed by atoms with Crippen LogP contribution in [0.5, 0.6) is 0 Å². The van der Waals surface area contributed by atoms with Crippen LogP contribution in [0.1, 0.15) is 39.0 Å². The van der Waals surface area contributed by atoms with Crippen molar-refractivity contribution >= 4 is 5.78 Å². The number of rotatable bonds is 7. The number of carbonyl (C=O) groups excluding carboxylic acids is 1. The number of unbranched alkanes of at least 4 members (excludes halogenated alkanes) is 1. The van der Waals surface area contributed by atoms with Crippen molar-refractivity contribution in [3.63, 3.8) is 0 Å². The van der Waals surface area contributed by atoms with Crippen LogP contribution in [0, 0.1) is 11.8 Å². The quantitative estimate of drug-likeness (QED) is 0.443. The molecule has 3 atom stereocenters. The van der Waals surface area contributed by atoms with Gasteiger partial charge in [-0.2, -0.15) is 0 Å². The largest absolute Gasteiger partial charge is 0.497 e. The SMILES string of the molecule is CCCCC(=O)C#CCC(O)CC12C=CC(OC)=CC1O2. The van der Waals surface area contributed by atoms with Gasteiger partial charge in [0.05, 0.1) is 13.2 Å². The minimum Gasteiger partial charge on any atom is -0.497 e. The van der Waals surface area contributed by atoms with Gasteiger partial charge in [-0.05, 0) is 30.6 Å². The van der Waals surface area contributed by atoms with Gasteiger partial charge in [-0.1, -0.05) is 19.3 Å². The van der Waals surface area contributed by atoms with Gasteiger partial charge in [0.15, 0.2) is 0 Å². The van der Waals surface area contributed by atoms with E-state index in [2.05, 4.69) is 11.8 Å². The number of allylic oxidation sites excluding steroid dienone is 1.